The Bertz CT molecular complexity index is 3440. The van der Waals surface area contributed by atoms with E-state index in [1.54, 1.807) is 0 Å². The lowest BCUT2D eigenvalue weighted by Gasteiger charge is -2.23. The monoisotopic (exact) mass is 1010 g/mol. The third-order valence-electron chi connectivity index (χ3n) is 13.8. The van der Waals surface area contributed by atoms with Gasteiger partial charge in [-0.25, -0.2) is 9.98 Å². The normalized spacial score (nSPS) is 14.9. The number of aliphatic imine (C=N–C) groups is 3. The molecule has 8 bridgehead atoms. The molecule has 5 aromatic carbocycles. The number of halogens is 2. The largest absolute Gasteiger partial charge is 0.494 e. The van der Waals surface area contributed by atoms with E-state index in [1.165, 1.54) is 22.3 Å². The number of H-pyrrole nitrogens is 1. The smallest absolute Gasteiger partial charge is 0.220 e. The lowest BCUT2D eigenvalue weighted by Crippen LogP contribution is -2.27. The van der Waals surface area contributed by atoms with Gasteiger partial charge in [-0.2, -0.15) is 0 Å². The molecule has 0 saturated carbocycles. The predicted molar refractivity (Wildman–Crippen MR) is 308 cm³/mol. The van der Waals surface area contributed by atoms with Crippen molar-refractivity contribution in [3.8, 4) is 5.75 Å². The number of nitrogens with one attached hydrogen (secondary N) is 2. The second-order valence-electron chi connectivity index (χ2n) is 19.1. The molecule has 10 rings (SSSR count). The number of carbonyl (C=O) groups is 1. The number of ether oxygens (including phenoxy) is 1. The van der Waals surface area contributed by atoms with Crippen LogP contribution in [-0.4, -0.2) is 66.0 Å². The molecule has 74 heavy (non-hydrogen) atoms. The molecule has 0 spiro atoms. The van der Waals surface area contributed by atoms with Gasteiger partial charge in [-0.05, 0) is 129 Å². The minimum absolute atomic E-state index is 0.0516. The first-order valence-corrected chi connectivity index (χ1v) is 26.7. The van der Waals surface area contributed by atoms with Crippen LogP contribution in [0.4, 0.5) is 5.69 Å². The summed E-state index contributed by atoms with van der Waals surface area (Å²) in [6.07, 6.45) is 14.1. The number of fused-ring (bicyclic) bond motifs is 5. The summed E-state index contributed by atoms with van der Waals surface area (Å²) in [4.78, 5) is 35.2. The topological polar surface area (TPSA) is 94.4 Å². The number of aryl methyl sites for hydroxylation is 4. The van der Waals surface area contributed by atoms with E-state index < -0.39 is 0 Å². The van der Waals surface area contributed by atoms with Gasteiger partial charge in [-0.15, -0.1) is 23.2 Å². The van der Waals surface area contributed by atoms with Crippen LogP contribution in [0.5, 0.6) is 5.75 Å². The van der Waals surface area contributed by atoms with Crippen molar-refractivity contribution >= 4 is 74.2 Å². The Labute approximate surface area is 444 Å². The van der Waals surface area contributed by atoms with Crippen LogP contribution >= 0.6 is 23.2 Å². The standard InChI is InChI=1S/C64H60Cl2N6O2/c1-42-8-16-46(17-9-42)61-52-28-30-54(68-52)62(47-18-10-43(2)11-19-47)56-32-34-58(70-56)64(59-35-33-57(71-59)63(55-31-29-53(61)69-55)48-20-12-44(3)13-21-48)49-22-26-51(27-23-49)74-41-5-38-67-60(73)7-4-6-45-14-24-50(25-15-45)72(39-36-65)40-37-66/h8-30,32-35,71H,4-7,31,36-41H2,1-3H3,(H,67,73). The fourth-order valence-corrected chi connectivity index (χ4v) is 10.3. The van der Waals surface area contributed by atoms with Crippen molar-refractivity contribution in [2.75, 3.05) is 42.9 Å². The average molecular weight is 1020 g/mol. The van der Waals surface area contributed by atoms with Crippen LogP contribution in [0.15, 0.2) is 196 Å². The number of anilines is 1. The minimum atomic E-state index is 0.0516. The molecule has 372 valence electrons. The van der Waals surface area contributed by atoms with Crippen molar-refractivity contribution < 1.29 is 9.53 Å². The summed E-state index contributed by atoms with van der Waals surface area (Å²) in [7, 11) is 0. The van der Waals surface area contributed by atoms with E-state index in [4.69, 9.17) is 42.9 Å². The number of aromatic amines is 1. The second kappa shape index (κ2) is 23.1. The minimum Gasteiger partial charge on any atom is -0.494 e. The molecule has 5 heterocycles. The van der Waals surface area contributed by atoms with Gasteiger partial charge in [0.25, 0.3) is 0 Å². The SMILES string of the molecule is Cc1ccc(C2=C3C=CC(=N3)C(c3ccc(C)cc3)=C3C=CC(=N3)C(c3ccc(OCCCNC(=O)CCCc4ccc(N(CCCl)CCCl)cc4)cc3)=c3ccc([nH]3)=C(c3ccc(C)cc3)C3=NC2=CC3)cc1. The van der Waals surface area contributed by atoms with Gasteiger partial charge in [0.1, 0.15) is 5.75 Å². The maximum absolute atomic E-state index is 12.7. The molecule has 4 aliphatic heterocycles. The molecular weight excluding hydrogens is 956 g/mol. The lowest BCUT2D eigenvalue weighted by atomic mass is 9.98. The zero-order chi connectivity index (χ0) is 51.0. The van der Waals surface area contributed by atoms with E-state index in [2.05, 4.69) is 188 Å². The quantitative estimate of drug-likeness (QED) is 0.0663. The molecular formula is C64H60Cl2N6O2. The highest BCUT2D eigenvalue weighted by molar-refractivity contribution is 6.35. The number of nitrogens with zero attached hydrogens (tertiary/aromatic N) is 4. The van der Waals surface area contributed by atoms with Gasteiger partial charge >= 0.3 is 0 Å². The highest BCUT2D eigenvalue weighted by Gasteiger charge is 2.26. The number of carbonyl (C=O) groups excluding carboxylic acids is 1. The van der Waals surface area contributed by atoms with Crippen molar-refractivity contribution in [2.24, 2.45) is 15.0 Å². The lowest BCUT2D eigenvalue weighted by molar-refractivity contribution is -0.121. The van der Waals surface area contributed by atoms with Crippen molar-refractivity contribution in [3.05, 3.63) is 236 Å². The van der Waals surface area contributed by atoms with Crippen molar-refractivity contribution in [3.63, 3.8) is 0 Å². The highest BCUT2D eigenvalue weighted by Crippen LogP contribution is 2.38. The van der Waals surface area contributed by atoms with E-state index in [-0.39, 0.29) is 5.91 Å². The summed E-state index contributed by atoms with van der Waals surface area (Å²) in [6.45, 7) is 8.86. The average Bonchev–Trinajstić information content (AvgIpc) is 4.27. The van der Waals surface area contributed by atoms with Gasteiger partial charge in [0, 0.05) is 82.9 Å². The van der Waals surface area contributed by atoms with Gasteiger partial charge in [0.15, 0.2) is 0 Å². The summed E-state index contributed by atoms with van der Waals surface area (Å²) in [5.41, 5.74) is 19.3. The van der Waals surface area contributed by atoms with Crippen molar-refractivity contribution in [2.45, 2.75) is 52.9 Å². The van der Waals surface area contributed by atoms with E-state index in [1.807, 2.05) is 12.1 Å². The van der Waals surface area contributed by atoms with Crippen LogP contribution in [0, 0.1) is 20.8 Å². The summed E-state index contributed by atoms with van der Waals surface area (Å²) in [6, 6.07) is 47.0. The van der Waals surface area contributed by atoms with Crippen LogP contribution in [-0.2, 0) is 11.2 Å². The Morgan fingerprint density at radius 1 is 0.595 bits per heavy atom. The molecule has 0 radical (unpaired) electrons. The molecule has 0 fully saturated rings. The molecule has 4 aliphatic rings. The first kappa shape index (κ1) is 50.0. The number of benzene rings is 5. The second-order valence-corrected chi connectivity index (χ2v) is 19.9. The Morgan fingerprint density at radius 3 is 1.73 bits per heavy atom. The number of hydrogen-bond acceptors (Lipinski definition) is 6. The third-order valence-corrected chi connectivity index (χ3v) is 14.1. The Balaban J connectivity index is 0.927. The predicted octanol–water partition coefficient (Wildman–Crippen LogP) is 12.1. The number of hydrogen-bond donors (Lipinski definition) is 2. The fourth-order valence-electron chi connectivity index (χ4n) is 9.84. The molecule has 2 N–H and O–H groups in total. The highest BCUT2D eigenvalue weighted by atomic mass is 35.5. The fraction of sp³-hybridized carbons (Fsp3) is 0.219. The maximum atomic E-state index is 12.7. The number of rotatable bonds is 18. The van der Waals surface area contributed by atoms with Gasteiger partial charge in [-0.3, -0.25) is 9.79 Å². The zero-order valence-corrected chi connectivity index (χ0v) is 43.7. The first-order chi connectivity index (χ1) is 36.2. The third kappa shape index (κ3) is 11.5. The Kier molecular flexibility index (Phi) is 15.6. The van der Waals surface area contributed by atoms with Gasteiger partial charge in [-0.1, -0.05) is 120 Å². The first-order valence-electron chi connectivity index (χ1n) is 25.6. The molecule has 0 unspecified atom stereocenters. The Hall–Kier alpha value is -7.52. The van der Waals surface area contributed by atoms with Crippen LogP contribution < -0.4 is 25.7 Å². The van der Waals surface area contributed by atoms with E-state index in [0.717, 1.165) is 127 Å². The zero-order valence-electron chi connectivity index (χ0n) is 42.2. The molecule has 1 aromatic heterocycles. The van der Waals surface area contributed by atoms with Crippen molar-refractivity contribution in [1.29, 1.82) is 0 Å². The van der Waals surface area contributed by atoms with Crippen LogP contribution in [0.25, 0.3) is 22.3 Å². The molecule has 0 atom stereocenters. The summed E-state index contributed by atoms with van der Waals surface area (Å²) in [5, 5.41) is 4.97. The molecule has 8 nitrogen and oxygen atoms in total. The summed E-state index contributed by atoms with van der Waals surface area (Å²) in [5.74, 6) is 1.90. The maximum Gasteiger partial charge on any atom is 0.220 e. The van der Waals surface area contributed by atoms with E-state index >= 15 is 0 Å². The van der Waals surface area contributed by atoms with Gasteiger partial charge < -0.3 is 19.9 Å². The molecule has 10 heteroatoms. The summed E-state index contributed by atoms with van der Waals surface area (Å²) >= 11 is 12.0. The van der Waals surface area contributed by atoms with Gasteiger partial charge in [0.2, 0.25) is 5.91 Å². The summed E-state index contributed by atoms with van der Waals surface area (Å²) < 4.78 is 6.23. The van der Waals surface area contributed by atoms with E-state index in [0.29, 0.717) is 44.2 Å². The number of amides is 1. The Morgan fingerprint density at radius 2 is 1.12 bits per heavy atom. The molecule has 0 aliphatic carbocycles. The number of aromatic nitrogens is 1. The van der Waals surface area contributed by atoms with Gasteiger partial charge in [0.05, 0.1) is 40.8 Å². The van der Waals surface area contributed by atoms with E-state index in [9.17, 15) is 4.79 Å². The van der Waals surface area contributed by atoms with Crippen molar-refractivity contribution in [1.82, 2.24) is 10.3 Å². The van der Waals surface area contributed by atoms with Crippen LogP contribution in [0.1, 0.15) is 70.2 Å². The number of allylic oxidation sites excluding steroid dienone is 7. The molecule has 6 aromatic rings. The molecule has 0 saturated heterocycles. The van der Waals surface area contributed by atoms with Crippen LogP contribution in [0.3, 0.4) is 0 Å². The molecule has 1 amide bonds. The number of alkyl halides is 2. The van der Waals surface area contributed by atoms with Crippen LogP contribution in [0.2, 0.25) is 0 Å².